The number of allylic oxidation sites excluding steroid dienone is 4. The van der Waals surface area contributed by atoms with E-state index in [1.54, 1.807) is 12.1 Å². The zero-order chi connectivity index (χ0) is 20.1. The van der Waals surface area contributed by atoms with Gasteiger partial charge in [-0.25, -0.2) is 19.3 Å². The van der Waals surface area contributed by atoms with E-state index in [0.29, 0.717) is 17.1 Å². The van der Waals surface area contributed by atoms with Gasteiger partial charge in [-0.3, -0.25) is 4.79 Å². The molecular formula is C20H20FN5O2. The van der Waals surface area contributed by atoms with Gasteiger partial charge in [-0.05, 0) is 18.9 Å². The Morgan fingerprint density at radius 3 is 2.71 bits per heavy atom. The lowest BCUT2D eigenvalue weighted by Gasteiger charge is -2.13. The first-order chi connectivity index (χ1) is 13.6. The molecule has 1 saturated carbocycles. The highest BCUT2D eigenvalue weighted by atomic mass is 19.1. The van der Waals surface area contributed by atoms with E-state index in [9.17, 15) is 9.18 Å². The molecule has 0 atom stereocenters. The molecule has 1 aliphatic rings. The molecule has 28 heavy (non-hydrogen) atoms. The SMILES string of the molecule is C=C/C=C(\C(F)=C/N)c1ncc(NC(=O)C2CC2)nc1-c1ccc(OC)nc1. The van der Waals surface area contributed by atoms with E-state index in [1.807, 2.05) is 0 Å². The molecule has 8 heteroatoms. The smallest absolute Gasteiger partial charge is 0.228 e. The number of nitrogens with two attached hydrogens (primary N) is 1. The zero-order valence-electron chi connectivity index (χ0n) is 15.4. The second-order valence-electron chi connectivity index (χ2n) is 6.14. The molecule has 1 amide bonds. The van der Waals surface area contributed by atoms with Gasteiger partial charge >= 0.3 is 0 Å². The number of ether oxygens (including phenoxy) is 1. The van der Waals surface area contributed by atoms with Gasteiger partial charge in [-0.1, -0.05) is 18.7 Å². The molecule has 0 bridgehead atoms. The average molecular weight is 381 g/mol. The molecule has 3 rings (SSSR count). The van der Waals surface area contributed by atoms with Gasteiger partial charge in [0.25, 0.3) is 0 Å². The van der Waals surface area contributed by atoms with Gasteiger partial charge < -0.3 is 15.8 Å². The number of halogens is 1. The first-order valence-electron chi connectivity index (χ1n) is 8.66. The molecule has 0 saturated heterocycles. The summed E-state index contributed by atoms with van der Waals surface area (Å²) in [5, 5.41) is 2.75. The van der Waals surface area contributed by atoms with Crippen LogP contribution in [-0.2, 0) is 4.79 Å². The van der Waals surface area contributed by atoms with Crippen LogP contribution >= 0.6 is 0 Å². The largest absolute Gasteiger partial charge is 0.481 e. The molecule has 2 aromatic heterocycles. The maximum absolute atomic E-state index is 14.4. The highest BCUT2D eigenvalue weighted by Gasteiger charge is 2.30. The fourth-order valence-electron chi connectivity index (χ4n) is 2.54. The Labute approximate surface area is 161 Å². The van der Waals surface area contributed by atoms with Gasteiger partial charge in [0.05, 0.1) is 19.0 Å². The van der Waals surface area contributed by atoms with Crippen molar-refractivity contribution in [3.05, 3.63) is 61.0 Å². The fourth-order valence-corrected chi connectivity index (χ4v) is 2.54. The standard InChI is InChI=1S/C20H20FN5O2/c1-3-4-14(15(21)9-22)19-18(13-7-8-17(28-2)23-10-13)25-16(11-24-19)26-20(27)12-5-6-12/h3-4,7-12H,1,5-6,22H2,2H3,(H,25,26,27)/b14-4+,15-9+. The van der Waals surface area contributed by atoms with Crippen LogP contribution in [-0.4, -0.2) is 28.0 Å². The molecule has 0 unspecified atom stereocenters. The summed E-state index contributed by atoms with van der Waals surface area (Å²) in [6.45, 7) is 3.61. The molecule has 2 heterocycles. The first-order valence-corrected chi connectivity index (χ1v) is 8.66. The summed E-state index contributed by atoms with van der Waals surface area (Å²) < 4.78 is 19.4. The molecule has 0 aromatic carbocycles. The number of carbonyl (C=O) groups excluding carboxylic acids is 1. The number of hydrogen-bond donors (Lipinski definition) is 2. The molecule has 0 radical (unpaired) electrons. The van der Waals surface area contributed by atoms with Crippen LogP contribution in [0, 0.1) is 5.92 Å². The Hall–Kier alpha value is -3.55. The van der Waals surface area contributed by atoms with Crippen LogP contribution in [0.15, 0.2) is 55.3 Å². The predicted molar refractivity (Wildman–Crippen MR) is 105 cm³/mol. The van der Waals surface area contributed by atoms with Crippen molar-refractivity contribution < 1.29 is 13.9 Å². The second kappa shape index (κ2) is 8.43. The van der Waals surface area contributed by atoms with Crippen molar-refractivity contribution in [1.29, 1.82) is 0 Å². The van der Waals surface area contributed by atoms with Gasteiger partial charge in [0.15, 0.2) is 5.82 Å². The van der Waals surface area contributed by atoms with Crippen molar-refractivity contribution in [3.63, 3.8) is 0 Å². The molecule has 2 aromatic rings. The number of pyridine rings is 1. The molecule has 3 N–H and O–H groups in total. The molecule has 0 aliphatic heterocycles. The Balaban J connectivity index is 2.10. The van der Waals surface area contributed by atoms with Crippen LogP contribution in [0.5, 0.6) is 5.88 Å². The number of rotatable bonds is 7. The minimum Gasteiger partial charge on any atom is -0.481 e. The molecule has 0 spiro atoms. The lowest BCUT2D eigenvalue weighted by atomic mass is 10.0. The predicted octanol–water partition coefficient (Wildman–Crippen LogP) is 3.23. The van der Waals surface area contributed by atoms with Gasteiger partial charge in [0.1, 0.15) is 11.5 Å². The summed E-state index contributed by atoms with van der Waals surface area (Å²) in [5.41, 5.74) is 6.64. The van der Waals surface area contributed by atoms with Crippen molar-refractivity contribution >= 4 is 17.3 Å². The third-order valence-electron chi connectivity index (χ3n) is 4.13. The Kier molecular flexibility index (Phi) is 5.78. The van der Waals surface area contributed by atoms with Crippen LogP contribution in [0.25, 0.3) is 16.8 Å². The van der Waals surface area contributed by atoms with Crippen LogP contribution in [0.3, 0.4) is 0 Å². The molecule has 1 aliphatic carbocycles. The number of carbonyl (C=O) groups is 1. The fraction of sp³-hybridized carbons (Fsp3) is 0.200. The van der Waals surface area contributed by atoms with Gasteiger partial charge in [0, 0.05) is 35.5 Å². The molecule has 7 nitrogen and oxygen atoms in total. The zero-order valence-corrected chi connectivity index (χ0v) is 15.4. The minimum absolute atomic E-state index is 0.0152. The third kappa shape index (κ3) is 4.22. The van der Waals surface area contributed by atoms with E-state index in [-0.39, 0.29) is 28.9 Å². The second-order valence-corrected chi connectivity index (χ2v) is 6.14. The molecule has 1 fully saturated rings. The van der Waals surface area contributed by atoms with Gasteiger partial charge in [0.2, 0.25) is 11.8 Å². The van der Waals surface area contributed by atoms with Crippen molar-refractivity contribution in [1.82, 2.24) is 15.0 Å². The topological polar surface area (TPSA) is 103 Å². The summed E-state index contributed by atoms with van der Waals surface area (Å²) in [5.74, 6) is -0.0586. The summed E-state index contributed by atoms with van der Waals surface area (Å²) in [6, 6.07) is 3.38. The number of nitrogens with zero attached hydrogens (tertiary/aromatic N) is 3. The van der Waals surface area contributed by atoms with Gasteiger partial charge in [-0.2, -0.15) is 0 Å². The number of nitrogens with one attached hydrogen (secondary N) is 1. The van der Waals surface area contributed by atoms with Crippen molar-refractivity contribution in [2.75, 3.05) is 12.4 Å². The van der Waals surface area contributed by atoms with Crippen molar-refractivity contribution in [3.8, 4) is 17.1 Å². The maximum atomic E-state index is 14.4. The van der Waals surface area contributed by atoms with E-state index in [1.165, 1.54) is 31.7 Å². The third-order valence-corrected chi connectivity index (χ3v) is 4.13. The van der Waals surface area contributed by atoms with Gasteiger partial charge in [-0.15, -0.1) is 0 Å². The molecule has 144 valence electrons. The number of hydrogen-bond acceptors (Lipinski definition) is 6. The van der Waals surface area contributed by atoms with E-state index in [4.69, 9.17) is 10.5 Å². The quantitative estimate of drug-likeness (QED) is 0.714. The summed E-state index contributed by atoms with van der Waals surface area (Å²) >= 11 is 0. The Bertz CT molecular complexity index is 950. The summed E-state index contributed by atoms with van der Waals surface area (Å²) in [4.78, 5) is 25.0. The summed E-state index contributed by atoms with van der Waals surface area (Å²) in [7, 11) is 1.51. The number of aromatic nitrogens is 3. The van der Waals surface area contributed by atoms with E-state index < -0.39 is 5.83 Å². The lowest BCUT2D eigenvalue weighted by Crippen LogP contribution is -2.15. The maximum Gasteiger partial charge on any atom is 0.228 e. The van der Waals surface area contributed by atoms with E-state index in [2.05, 4.69) is 26.8 Å². The van der Waals surface area contributed by atoms with Crippen LogP contribution in [0.1, 0.15) is 18.5 Å². The summed E-state index contributed by atoms with van der Waals surface area (Å²) in [6.07, 6.45) is 8.38. The monoisotopic (exact) mass is 381 g/mol. The first kappa shape index (κ1) is 19.2. The van der Waals surface area contributed by atoms with Crippen LogP contribution < -0.4 is 15.8 Å². The van der Waals surface area contributed by atoms with E-state index in [0.717, 1.165) is 19.0 Å². The Morgan fingerprint density at radius 1 is 1.36 bits per heavy atom. The minimum atomic E-state index is -0.674. The normalized spacial score (nSPS) is 14.5. The number of amides is 1. The lowest BCUT2D eigenvalue weighted by molar-refractivity contribution is -0.117. The van der Waals surface area contributed by atoms with Crippen molar-refractivity contribution in [2.24, 2.45) is 11.7 Å². The highest BCUT2D eigenvalue weighted by molar-refractivity contribution is 5.93. The Morgan fingerprint density at radius 2 is 2.14 bits per heavy atom. The number of methoxy groups -OCH3 is 1. The number of anilines is 1. The van der Waals surface area contributed by atoms with Crippen molar-refractivity contribution in [2.45, 2.75) is 12.8 Å². The van der Waals surface area contributed by atoms with Crippen LogP contribution in [0.4, 0.5) is 10.2 Å². The van der Waals surface area contributed by atoms with E-state index >= 15 is 0 Å². The average Bonchev–Trinajstić information content (AvgIpc) is 3.57. The molecular weight excluding hydrogens is 361 g/mol. The highest BCUT2D eigenvalue weighted by Crippen LogP contribution is 2.33. The van der Waals surface area contributed by atoms with Crippen LogP contribution in [0.2, 0.25) is 0 Å².